The molecule has 4 rings (SSSR count). The van der Waals surface area contributed by atoms with Crippen LogP contribution < -0.4 is 0 Å². The topological polar surface area (TPSA) is 4.93 Å². The van der Waals surface area contributed by atoms with Crippen molar-refractivity contribution in [1.29, 1.82) is 0 Å². The molecule has 0 saturated heterocycles. The normalized spacial score (nSPS) is 11.3. The highest BCUT2D eigenvalue weighted by Crippen LogP contribution is 2.32. The van der Waals surface area contributed by atoms with E-state index in [-0.39, 0.29) is 0 Å². The van der Waals surface area contributed by atoms with Crippen LogP contribution in [0.5, 0.6) is 0 Å². The maximum absolute atomic E-state index is 2.35. The van der Waals surface area contributed by atoms with Crippen molar-refractivity contribution in [1.82, 2.24) is 4.57 Å². The number of fused-ring (bicyclic) bond motifs is 3. The molecule has 0 fully saturated rings. The van der Waals surface area contributed by atoms with Gasteiger partial charge in [0.2, 0.25) is 0 Å². The summed E-state index contributed by atoms with van der Waals surface area (Å²) in [5, 5.41) is 2.64. The summed E-state index contributed by atoms with van der Waals surface area (Å²) in [7, 11) is 0. The van der Waals surface area contributed by atoms with Gasteiger partial charge in [0.1, 0.15) is 0 Å². The fraction of sp³-hybridized carbons (Fsp3) is 0.100. The molecule has 4 aromatic rings. The summed E-state index contributed by atoms with van der Waals surface area (Å²) < 4.78 is 2.35. The number of nitrogens with zero attached hydrogens (tertiary/aromatic N) is 1. The van der Waals surface area contributed by atoms with Gasteiger partial charge in [0.05, 0.1) is 11.0 Å². The molecule has 0 aliphatic carbocycles. The predicted molar refractivity (Wildman–Crippen MR) is 90.3 cm³/mol. The van der Waals surface area contributed by atoms with E-state index >= 15 is 0 Å². The van der Waals surface area contributed by atoms with E-state index in [0.717, 1.165) is 0 Å². The third kappa shape index (κ3) is 1.85. The van der Waals surface area contributed by atoms with Crippen LogP contribution in [0.2, 0.25) is 0 Å². The molecule has 0 N–H and O–H groups in total. The van der Waals surface area contributed by atoms with Crippen LogP contribution in [-0.4, -0.2) is 4.57 Å². The minimum Gasteiger partial charge on any atom is -0.309 e. The van der Waals surface area contributed by atoms with Crippen molar-refractivity contribution in [3.8, 4) is 5.69 Å². The Morgan fingerprint density at radius 2 is 1.29 bits per heavy atom. The first-order valence-corrected chi connectivity index (χ1v) is 7.31. The maximum Gasteiger partial charge on any atom is 0.0541 e. The molecule has 0 radical (unpaired) electrons. The molecule has 0 amide bonds. The first-order chi connectivity index (χ1) is 10.2. The Bertz CT molecular complexity index is 943. The Labute approximate surface area is 124 Å². The van der Waals surface area contributed by atoms with Crippen molar-refractivity contribution in [3.63, 3.8) is 0 Å². The van der Waals surface area contributed by atoms with Crippen LogP contribution in [0.1, 0.15) is 11.1 Å². The Kier molecular flexibility index (Phi) is 2.61. The monoisotopic (exact) mass is 271 g/mol. The van der Waals surface area contributed by atoms with Gasteiger partial charge in [-0.25, -0.2) is 0 Å². The van der Waals surface area contributed by atoms with E-state index in [9.17, 15) is 0 Å². The Hall–Kier alpha value is -2.54. The summed E-state index contributed by atoms with van der Waals surface area (Å²) in [6, 6.07) is 24.1. The third-order valence-corrected chi connectivity index (χ3v) is 4.12. The SMILES string of the molecule is Cc1ccc(-n2c3ccccc3c3cc(C)ccc32)cc1. The van der Waals surface area contributed by atoms with E-state index in [1.807, 2.05) is 0 Å². The molecular weight excluding hydrogens is 254 g/mol. The first-order valence-electron chi connectivity index (χ1n) is 7.31. The fourth-order valence-electron chi connectivity index (χ4n) is 3.06. The molecular formula is C20H17N. The fourth-order valence-corrected chi connectivity index (χ4v) is 3.06. The van der Waals surface area contributed by atoms with Crippen LogP contribution in [0.3, 0.4) is 0 Å². The van der Waals surface area contributed by atoms with Crippen molar-refractivity contribution in [2.45, 2.75) is 13.8 Å². The minimum absolute atomic E-state index is 1.22. The van der Waals surface area contributed by atoms with Crippen molar-refractivity contribution in [2.24, 2.45) is 0 Å². The molecule has 0 aliphatic rings. The third-order valence-electron chi connectivity index (χ3n) is 4.12. The molecule has 21 heavy (non-hydrogen) atoms. The predicted octanol–water partition coefficient (Wildman–Crippen LogP) is 5.40. The van der Waals surface area contributed by atoms with Crippen LogP contribution >= 0.6 is 0 Å². The van der Waals surface area contributed by atoms with Gasteiger partial charge < -0.3 is 4.57 Å². The Morgan fingerprint density at radius 1 is 0.619 bits per heavy atom. The molecule has 1 nitrogen and oxygen atoms in total. The highest BCUT2D eigenvalue weighted by molar-refractivity contribution is 6.09. The zero-order valence-corrected chi connectivity index (χ0v) is 12.3. The number of hydrogen-bond donors (Lipinski definition) is 0. The van der Waals surface area contributed by atoms with Crippen LogP contribution in [0.25, 0.3) is 27.5 Å². The van der Waals surface area contributed by atoms with Gasteiger partial charge in [-0.05, 0) is 44.2 Å². The molecule has 0 atom stereocenters. The van der Waals surface area contributed by atoms with Gasteiger partial charge in [-0.3, -0.25) is 0 Å². The number of benzene rings is 3. The highest BCUT2D eigenvalue weighted by Gasteiger charge is 2.11. The largest absolute Gasteiger partial charge is 0.309 e. The summed E-state index contributed by atoms with van der Waals surface area (Å²) in [5.41, 5.74) is 6.34. The van der Waals surface area contributed by atoms with Crippen LogP contribution in [-0.2, 0) is 0 Å². The molecule has 102 valence electrons. The molecule has 1 aromatic heterocycles. The first kappa shape index (κ1) is 12.2. The molecule has 3 aromatic carbocycles. The quantitative estimate of drug-likeness (QED) is 0.437. The molecule has 0 spiro atoms. The van der Waals surface area contributed by atoms with E-state index in [4.69, 9.17) is 0 Å². The molecule has 0 unspecified atom stereocenters. The highest BCUT2D eigenvalue weighted by atomic mass is 15.0. The number of hydrogen-bond acceptors (Lipinski definition) is 0. The van der Waals surface area contributed by atoms with E-state index in [1.165, 1.54) is 38.6 Å². The lowest BCUT2D eigenvalue weighted by molar-refractivity contribution is 1.17. The summed E-state index contributed by atoms with van der Waals surface area (Å²) in [6.07, 6.45) is 0. The van der Waals surface area contributed by atoms with Crippen LogP contribution in [0.15, 0.2) is 66.7 Å². The van der Waals surface area contributed by atoms with E-state index in [0.29, 0.717) is 0 Å². The number of para-hydroxylation sites is 1. The van der Waals surface area contributed by atoms with Gasteiger partial charge in [0, 0.05) is 16.5 Å². The van der Waals surface area contributed by atoms with Gasteiger partial charge in [0.15, 0.2) is 0 Å². The lowest BCUT2D eigenvalue weighted by atomic mass is 10.1. The maximum atomic E-state index is 2.35. The summed E-state index contributed by atoms with van der Waals surface area (Å²) >= 11 is 0. The summed E-state index contributed by atoms with van der Waals surface area (Å²) in [5.74, 6) is 0. The summed E-state index contributed by atoms with van der Waals surface area (Å²) in [6.45, 7) is 4.27. The number of aromatic nitrogens is 1. The van der Waals surface area contributed by atoms with Gasteiger partial charge >= 0.3 is 0 Å². The van der Waals surface area contributed by atoms with E-state index in [2.05, 4.69) is 85.1 Å². The van der Waals surface area contributed by atoms with Gasteiger partial charge in [-0.15, -0.1) is 0 Å². The average Bonchev–Trinajstić information content (AvgIpc) is 2.82. The average molecular weight is 271 g/mol. The van der Waals surface area contributed by atoms with E-state index < -0.39 is 0 Å². The second kappa shape index (κ2) is 4.49. The molecule has 0 aliphatic heterocycles. The summed E-state index contributed by atoms with van der Waals surface area (Å²) in [4.78, 5) is 0. The molecule has 0 bridgehead atoms. The smallest absolute Gasteiger partial charge is 0.0541 e. The van der Waals surface area contributed by atoms with Gasteiger partial charge in [0.25, 0.3) is 0 Å². The van der Waals surface area contributed by atoms with Crippen LogP contribution in [0, 0.1) is 13.8 Å². The Balaban J connectivity index is 2.17. The molecule has 1 heterocycles. The zero-order chi connectivity index (χ0) is 14.4. The molecule has 0 saturated carbocycles. The van der Waals surface area contributed by atoms with Crippen LogP contribution in [0.4, 0.5) is 0 Å². The number of aryl methyl sites for hydroxylation is 2. The van der Waals surface area contributed by atoms with Gasteiger partial charge in [-0.1, -0.05) is 47.5 Å². The van der Waals surface area contributed by atoms with Crippen molar-refractivity contribution in [3.05, 3.63) is 77.9 Å². The minimum atomic E-state index is 1.22. The van der Waals surface area contributed by atoms with Crippen molar-refractivity contribution in [2.75, 3.05) is 0 Å². The standard InChI is InChI=1S/C20H17N/c1-14-7-10-16(11-8-14)21-19-6-4-3-5-17(19)18-13-15(2)9-12-20(18)21/h3-13H,1-2H3. The number of rotatable bonds is 1. The zero-order valence-electron chi connectivity index (χ0n) is 12.3. The lowest BCUT2D eigenvalue weighted by Gasteiger charge is -2.08. The van der Waals surface area contributed by atoms with Gasteiger partial charge in [-0.2, -0.15) is 0 Å². The Morgan fingerprint density at radius 3 is 2.10 bits per heavy atom. The lowest BCUT2D eigenvalue weighted by Crippen LogP contribution is -1.93. The van der Waals surface area contributed by atoms with E-state index in [1.54, 1.807) is 0 Å². The second-order valence-corrected chi connectivity index (χ2v) is 5.71. The second-order valence-electron chi connectivity index (χ2n) is 5.71. The van der Waals surface area contributed by atoms with Crippen molar-refractivity contribution >= 4 is 21.8 Å². The molecule has 1 heteroatoms. The van der Waals surface area contributed by atoms with Crippen molar-refractivity contribution < 1.29 is 0 Å².